The summed E-state index contributed by atoms with van der Waals surface area (Å²) < 4.78 is 5.32. The molecule has 1 fully saturated rings. The maximum absolute atomic E-state index is 11.7. The zero-order valence-corrected chi connectivity index (χ0v) is 11.8. The molecule has 0 aromatic heterocycles. The fraction of sp³-hybridized carbons (Fsp3) is 0.786. The number of ether oxygens (including phenoxy) is 1. The fourth-order valence-corrected chi connectivity index (χ4v) is 2.54. The minimum atomic E-state index is -1.80. The Balaban J connectivity index is 2.83. The van der Waals surface area contributed by atoms with Crippen molar-refractivity contribution in [3.8, 4) is 0 Å². The van der Waals surface area contributed by atoms with Crippen molar-refractivity contribution in [3.63, 3.8) is 0 Å². The lowest BCUT2D eigenvalue weighted by Crippen LogP contribution is -2.60. The van der Waals surface area contributed by atoms with Crippen molar-refractivity contribution in [2.45, 2.75) is 58.8 Å². The zero-order valence-electron chi connectivity index (χ0n) is 11.8. The van der Waals surface area contributed by atoms with Gasteiger partial charge < -0.3 is 14.9 Å². The van der Waals surface area contributed by atoms with Crippen molar-refractivity contribution >= 4 is 5.97 Å². The molecular weight excluding hydrogens is 232 g/mol. The van der Waals surface area contributed by atoms with Gasteiger partial charge in [0.2, 0.25) is 0 Å². The highest BCUT2D eigenvalue weighted by Crippen LogP contribution is 2.34. The molecule has 104 valence electrons. The molecule has 0 bridgehead atoms. The number of hydrogen-bond donors (Lipinski definition) is 2. The van der Waals surface area contributed by atoms with E-state index in [1.807, 2.05) is 26.8 Å². The van der Waals surface area contributed by atoms with Crippen molar-refractivity contribution in [1.82, 2.24) is 0 Å². The van der Waals surface area contributed by atoms with Crippen LogP contribution in [0.15, 0.2) is 11.6 Å². The average molecular weight is 256 g/mol. The lowest BCUT2D eigenvalue weighted by atomic mass is 9.78. The standard InChI is InChI=1S/C14H24O4/c1-6-8(2)7-9(3)11-10(4)12(15)14(5,17)13(16)18-11/h6,9-12,15,17H,7H2,1-5H3/b8-6+. The predicted molar refractivity (Wildman–Crippen MR) is 68.9 cm³/mol. The van der Waals surface area contributed by atoms with Crippen LogP contribution in [0.2, 0.25) is 0 Å². The Kier molecular flexibility index (Phi) is 4.56. The second-order valence-corrected chi connectivity index (χ2v) is 5.64. The van der Waals surface area contributed by atoms with Gasteiger partial charge in [0.05, 0.1) is 6.10 Å². The Morgan fingerprint density at radius 2 is 2.17 bits per heavy atom. The highest BCUT2D eigenvalue weighted by Gasteiger charge is 2.51. The van der Waals surface area contributed by atoms with Gasteiger partial charge in [-0.05, 0) is 33.1 Å². The van der Waals surface area contributed by atoms with Gasteiger partial charge in [0.15, 0.2) is 5.60 Å². The van der Waals surface area contributed by atoms with Gasteiger partial charge in [-0.15, -0.1) is 0 Å². The van der Waals surface area contributed by atoms with E-state index in [1.54, 1.807) is 6.92 Å². The number of carbonyl (C=O) groups is 1. The van der Waals surface area contributed by atoms with E-state index < -0.39 is 17.7 Å². The zero-order chi connectivity index (χ0) is 14.1. The normalized spacial score (nSPS) is 39.4. The third-order valence-electron chi connectivity index (χ3n) is 3.95. The van der Waals surface area contributed by atoms with Gasteiger partial charge >= 0.3 is 5.97 Å². The van der Waals surface area contributed by atoms with Crippen LogP contribution in [0, 0.1) is 11.8 Å². The van der Waals surface area contributed by atoms with E-state index in [4.69, 9.17) is 4.74 Å². The minimum absolute atomic E-state index is 0.117. The van der Waals surface area contributed by atoms with Crippen LogP contribution >= 0.6 is 0 Å². The van der Waals surface area contributed by atoms with E-state index in [0.717, 1.165) is 6.42 Å². The molecule has 0 spiro atoms. The molecule has 2 N–H and O–H groups in total. The first-order valence-corrected chi connectivity index (χ1v) is 6.45. The van der Waals surface area contributed by atoms with Crippen molar-refractivity contribution in [2.24, 2.45) is 11.8 Å². The van der Waals surface area contributed by atoms with Gasteiger partial charge in [0.25, 0.3) is 0 Å². The largest absolute Gasteiger partial charge is 0.459 e. The van der Waals surface area contributed by atoms with Crippen LogP contribution in [0.1, 0.15) is 41.0 Å². The SMILES string of the molecule is C/C=C(\C)CC(C)C1OC(=O)C(C)(O)C(O)C1C. The molecule has 1 heterocycles. The van der Waals surface area contributed by atoms with Crippen LogP contribution in [-0.2, 0) is 9.53 Å². The van der Waals surface area contributed by atoms with Crippen molar-refractivity contribution < 1.29 is 19.7 Å². The molecule has 4 nitrogen and oxygen atoms in total. The number of carbonyl (C=O) groups excluding carboxylic acids is 1. The van der Waals surface area contributed by atoms with Gasteiger partial charge in [0, 0.05) is 5.92 Å². The van der Waals surface area contributed by atoms with Crippen LogP contribution < -0.4 is 0 Å². The number of allylic oxidation sites excluding steroid dienone is 2. The molecule has 18 heavy (non-hydrogen) atoms. The van der Waals surface area contributed by atoms with Crippen molar-refractivity contribution in [3.05, 3.63) is 11.6 Å². The summed E-state index contributed by atoms with van der Waals surface area (Å²) in [6.07, 6.45) is 1.39. The summed E-state index contributed by atoms with van der Waals surface area (Å²) in [6, 6.07) is 0. The van der Waals surface area contributed by atoms with Crippen LogP contribution in [0.25, 0.3) is 0 Å². The second kappa shape index (κ2) is 5.41. The molecule has 5 unspecified atom stereocenters. The minimum Gasteiger partial charge on any atom is -0.459 e. The topological polar surface area (TPSA) is 66.8 Å². The summed E-state index contributed by atoms with van der Waals surface area (Å²) in [5.41, 5.74) is -0.580. The third kappa shape index (κ3) is 2.75. The molecule has 1 aliphatic heterocycles. The first-order chi connectivity index (χ1) is 8.21. The summed E-state index contributed by atoms with van der Waals surface area (Å²) >= 11 is 0. The highest BCUT2D eigenvalue weighted by molar-refractivity contribution is 5.80. The summed E-state index contributed by atoms with van der Waals surface area (Å²) in [5, 5.41) is 19.9. The monoisotopic (exact) mass is 256 g/mol. The van der Waals surface area contributed by atoms with Gasteiger partial charge in [-0.25, -0.2) is 4.79 Å². The quantitative estimate of drug-likeness (QED) is 0.595. The van der Waals surface area contributed by atoms with Gasteiger partial charge in [-0.1, -0.05) is 25.5 Å². The van der Waals surface area contributed by atoms with E-state index >= 15 is 0 Å². The molecule has 0 aliphatic carbocycles. The third-order valence-corrected chi connectivity index (χ3v) is 3.95. The van der Waals surface area contributed by atoms with E-state index in [9.17, 15) is 15.0 Å². The number of esters is 1. The van der Waals surface area contributed by atoms with Gasteiger partial charge in [0.1, 0.15) is 6.10 Å². The number of hydrogen-bond acceptors (Lipinski definition) is 4. The Labute approximate surface area is 109 Å². The fourth-order valence-electron chi connectivity index (χ4n) is 2.54. The Morgan fingerprint density at radius 1 is 1.61 bits per heavy atom. The van der Waals surface area contributed by atoms with Crippen LogP contribution in [0.3, 0.4) is 0 Å². The molecule has 4 heteroatoms. The maximum Gasteiger partial charge on any atom is 0.340 e. The number of cyclic esters (lactones) is 1. The Hall–Kier alpha value is -0.870. The first-order valence-electron chi connectivity index (χ1n) is 6.45. The van der Waals surface area contributed by atoms with E-state index in [2.05, 4.69) is 0 Å². The molecule has 0 amide bonds. The molecule has 5 atom stereocenters. The van der Waals surface area contributed by atoms with E-state index in [-0.39, 0.29) is 17.9 Å². The van der Waals surface area contributed by atoms with Crippen molar-refractivity contribution in [2.75, 3.05) is 0 Å². The van der Waals surface area contributed by atoms with Gasteiger partial charge in [-0.2, -0.15) is 0 Å². The summed E-state index contributed by atoms with van der Waals surface area (Å²) in [5.74, 6) is -0.897. The first kappa shape index (κ1) is 15.2. The van der Waals surface area contributed by atoms with Crippen LogP contribution in [0.5, 0.6) is 0 Å². The maximum atomic E-state index is 11.7. The Morgan fingerprint density at radius 3 is 2.67 bits per heavy atom. The predicted octanol–water partition coefficient (Wildman–Crippen LogP) is 1.65. The van der Waals surface area contributed by atoms with Crippen LogP contribution in [-0.4, -0.2) is 34.0 Å². The highest BCUT2D eigenvalue weighted by atomic mass is 16.6. The number of aliphatic hydroxyl groups is 2. The lowest BCUT2D eigenvalue weighted by Gasteiger charge is -2.43. The molecule has 1 saturated heterocycles. The van der Waals surface area contributed by atoms with E-state index in [0.29, 0.717) is 0 Å². The Bertz CT molecular complexity index is 346. The number of rotatable bonds is 3. The second-order valence-electron chi connectivity index (χ2n) is 5.64. The summed E-state index contributed by atoms with van der Waals surface area (Å²) in [7, 11) is 0. The average Bonchev–Trinajstić information content (AvgIpc) is 2.31. The molecular formula is C14H24O4. The van der Waals surface area contributed by atoms with Crippen LogP contribution in [0.4, 0.5) is 0 Å². The van der Waals surface area contributed by atoms with Crippen molar-refractivity contribution in [1.29, 1.82) is 0 Å². The molecule has 0 radical (unpaired) electrons. The molecule has 0 saturated carbocycles. The molecule has 0 aromatic rings. The van der Waals surface area contributed by atoms with Gasteiger partial charge in [-0.3, -0.25) is 0 Å². The summed E-state index contributed by atoms with van der Waals surface area (Å²) in [6.45, 7) is 9.09. The molecule has 1 aliphatic rings. The smallest absolute Gasteiger partial charge is 0.340 e. The molecule has 1 rings (SSSR count). The lowest BCUT2D eigenvalue weighted by molar-refractivity contribution is -0.216. The van der Waals surface area contributed by atoms with E-state index in [1.165, 1.54) is 12.5 Å². The molecule has 0 aromatic carbocycles. The number of aliphatic hydroxyl groups excluding tert-OH is 1. The summed E-state index contributed by atoms with van der Waals surface area (Å²) in [4.78, 5) is 11.7.